The number of anilines is 2. The van der Waals surface area contributed by atoms with Crippen molar-refractivity contribution in [2.24, 2.45) is 0 Å². The van der Waals surface area contributed by atoms with Crippen LogP contribution >= 0.6 is 11.3 Å². The Hall–Kier alpha value is -1.89. The molecule has 6 nitrogen and oxygen atoms in total. The standard InChI is InChI=1S/C13H19N5OS/c1-4-14-11-15-12(17-13(16-11)19-3)18(2)8-7-10-6-5-9-20-10/h5-6,9H,4,7-8H2,1-3H3,(H,14,15,16,17). The molecule has 7 heteroatoms. The minimum Gasteiger partial charge on any atom is -0.467 e. The van der Waals surface area contributed by atoms with Crippen LogP contribution < -0.4 is 15.0 Å². The summed E-state index contributed by atoms with van der Waals surface area (Å²) < 4.78 is 5.12. The van der Waals surface area contributed by atoms with Gasteiger partial charge in [0.2, 0.25) is 11.9 Å². The van der Waals surface area contributed by atoms with Gasteiger partial charge in [-0.3, -0.25) is 0 Å². The number of methoxy groups -OCH3 is 1. The van der Waals surface area contributed by atoms with Crippen molar-refractivity contribution in [3.05, 3.63) is 22.4 Å². The first-order valence-corrected chi connectivity index (χ1v) is 7.38. The van der Waals surface area contributed by atoms with E-state index in [4.69, 9.17) is 4.74 Å². The fourth-order valence-electron chi connectivity index (χ4n) is 1.68. The molecule has 0 aromatic carbocycles. The molecule has 2 heterocycles. The summed E-state index contributed by atoms with van der Waals surface area (Å²) in [6, 6.07) is 4.53. The quantitative estimate of drug-likeness (QED) is 0.843. The third-order valence-corrected chi connectivity index (χ3v) is 3.67. The summed E-state index contributed by atoms with van der Waals surface area (Å²) in [5.74, 6) is 1.15. The fraction of sp³-hybridized carbons (Fsp3) is 0.462. The lowest BCUT2D eigenvalue weighted by atomic mass is 10.3. The van der Waals surface area contributed by atoms with Gasteiger partial charge in [0.1, 0.15) is 0 Å². The van der Waals surface area contributed by atoms with Crippen molar-refractivity contribution in [2.75, 3.05) is 37.5 Å². The molecule has 0 amide bonds. The second-order valence-electron chi connectivity index (χ2n) is 4.23. The molecule has 0 radical (unpaired) electrons. The van der Waals surface area contributed by atoms with Gasteiger partial charge in [-0.15, -0.1) is 11.3 Å². The maximum absolute atomic E-state index is 5.12. The summed E-state index contributed by atoms with van der Waals surface area (Å²) in [5, 5.41) is 5.17. The maximum Gasteiger partial charge on any atom is 0.322 e. The Kier molecular flexibility index (Phi) is 5.11. The second-order valence-corrected chi connectivity index (χ2v) is 5.26. The van der Waals surface area contributed by atoms with Crippen molar-refractivity contribution in [3.63, 3.8) is 0 Å². The van der Waals surface area contributed by atoms with Crippen LogP contribution in [-0.2, 0) is 6.42 Å². The van der Waals surface area contributed by atoms with Crippen molar-refractivity contribution in [1.29, 1.82) is 0 Å². The van der Waals surface area contributed by atoms with Crippen molar-refractivity contribution in [3.8, 4) is 6.01 Å². The molecule has 20 heavy (non-hydrogen) atoms. The van der Waals surface area contributed by atoms with Gasteiger partial charge >= 0.3 is 6.01 Å². The number of rotatable bonds is 7. The molecule has 0 unspecified atom stereocenters. The van der Waals surface area contributed by atoms with E-state index in [1.807, 2.05) is 18.9 Å². The zero-order valence-corrected chi connectivity index (χ0v) is 12.8. The van der Waals surface area contributed by atoms with E-state index in [-0.39, 0.29) is 0 Å². The van der Waals surface area contributed by atoms with Gasteiger partial charge in [-0.2, -0.15) is 15.0 Å². The minimum absolute atomic E-state index is 0.328. The highest BCUT2D eigenvalue weighted by Gasteiger charge is 2.10. The number of thiophene rings is 1. The Bertz CT molecular complexity index is 532. The maximum atomic E-state index is 5.12. The van der Waals surface area contributed by atoms with E-state index in [0.29, 0.717) is 17.9 Å². The van der Waals surface area contributed by atoms with E-state index >= 15 is 0 Å². The summed E-state index contributed by atoms with van der Waals surface area (Å²) in [6.07, 6.45) is 0.971. The Morgan fingerprint density at radius 1 is 1.35 bits per heavy atom. The van der Waals surface area contributed by atoms with Crippen LogP contribution in [0.1, 0.15) is 11.8 Å². The summed E-state index contributed by atoms with van der Waals surface area (Å²) in [4.78, 5) is 16.2. The molecular weight excluding hydrogens is 274 g/mol. The Balaban J connectivity index is 2.07. The van der Waals surface area contributed by atoms with Gasteiger partial charge < -0.3 is 15.0 Å². The molecule has 2 rings (SSSR count). The zero-order chi connectivity index (χ0) is 14.4. The largest absolute Gasteiger partial charge is 0.467 e. The highest BCUT2D eigenvalue weighted by atomic mass is 32.1. The predicted octanol–water partition coefficient (Wildman–Crippen LogP) is 2.05. The molecule has 2 aromatic heterocycles. The van der Waals surface area contributed by atoms with Gasteiger partial charge in [0.05, 0.1) is 7.11 Å². The molecule has 1 N–H and O–H groups in total. The minimum atomic E-state index is 0.328. The fourth-order valence-corrected chi connectivity index (χ4v) is 2.38. The number of likely N-dealkylation sites (N-methyl/N-ethyl adjacent to an activating group) is 1. The van der Waals surface area contributed by atoms with Crippen molar-refractivity contribution in [1.82, 2.24) is 15.0 Å². The molecule has 2 aromatic rings. The monoisotopic (exact) mass is 293 g/mol. The molecular formula is C13H19N5OS. The smallest absolute Gasteiger partial charge is 0.322 e. The lowest BCUT2D eigenvalue weighted by Gasteiger charge is -2.17. The van der Waals surface area contributed by atoms with Gasteiger partial charge in [-0.05, 0) is 24.8 Å². The Morgan fingerprint density at radius 2 is 2.20 bits per heavy atom. The van der Waals surface area contributed by atoms with E-state index in [9.17, 15) is 0 Å². The van der Waals surface area contributed by atoms with E-state index in [1.165, 1.54) is 4.88 Å². The van der Waals surface area contributed by atoms with Crippen LogP contribution in [0.25, 0.3) is 0 Å². The molecule has 0 fully saturated rings. The Morgan fingerprint density at radius 3 is 2.85 bits per heavy atom. The van der Waals surface area contributed by atoms with Crippen LogP contribution in [0.15, 0.2) is 17.5 Å². The van der Waals surface area contributed by atoms with E-state index in [0.717, 1.165) is 19.5 Å². The average Bonchev–Trinajstić information content (AvgIpc) is 2.98. The average molecular weight is 293 g/mol. The highest BCUT2D eigenvalue weighted by molar-refractivity contribution is 7.09. The van der Waals surface area contributed by atoms with Gasteiger partial charge in [-0.1, -0.05) is 6.07 Å². The molecule has 0 saturated carbocycles. The number of hydrogen-bond donors (Lipinski definition) is 1. The number of aromatic nitrogens is 3. The molecule has 0 aliphatic heterocycles. The summed E-state index contributed by atoms with van der Waals surface area (Å²) in [7, 11) is 3.53. The van der Waals surface area contributed by atoms with Gasteiger partial charge in [0.15, 0.2) is 0 Å². The van der Waals surface area contributed by atoms with E-state index in [1.54, 1.807) is 18.4 Å². The van der Waals surface area contributed by atoms with Crippen molar-refractivity contribution < 1.29 is 4.74 Å². The van der Waals surface area contributed by atoms with Crippen molar-refractivity contribution in [2.45, 2.75) is 13.3 Å². The summed E-state index contributed by atoms with van der Waals surface area (Å²) >= 11 is 1.76. The van der Waals surface area contributed by atoms with Crippen LogP contribution in [0.3, 0.4) is 0 Å². The molecule has 108 valence electrons. The first-order chi connectivity index (χ1) is 9.72. The first-order valence-electron chi connectivity index (χ1n) is 6.50. The van der Waals surface area contributed by atoms with Crippen LogP contribution in [0.4, 0.5) is 11.9 Å². The third kappa shape index (κ3) is 3.80. The van der Waals surface area contributed by atoms with Gasteiger partial charge in [-0.25, -0.2) is 0 Å². The third-order valence-electron chi connectivity index (χ3n) is 2.74. The second kappa shape index (κ2) is 7.04. The summed E-state index contributed by atoms with van der Waals surface area (Å²) in [6.45, 7) is 3.60. The van der Waals surface area contributed by atoms with Gasteiger partial charge in [0.25, 0.3) is 0 Å². The molecule has 0 bridgehead atoms. The van der Waals surface area contributed by atoms with Crippen LogP contribution in [-0.4, -0.2) is 42.2 Å². The zero-order valence-electron chi connectivity index (χ0n) is 12.0. The number of nitrogens with zero attached hydrogens (tertiary/aromatic N) is 4. The lowest BCUT2D eigenvalue weighted by molar-refractivity contribution is 0.379. The van der Waals surface area contributed by atoms with E-state index in [2.05, 4.69) is 37.8 Å². The van der Waals surface area contributed by atoms with Crippen LogP contribution in [0, 0.1) is 0 Å². The first kappa shape index (κ1) is 14.5. The molecule has 0 aliphatic carbocycles. The number of ether oxygens (including phenoxy) is 1. The topological polar surface area (TPSA) is 63.2 Å². The van der Waals surface area contributed by atoms with Crippen molar-refractivity contribution >= 4 is 23.2 Å². The lowest BCUT2D eigenvalue weighted by Crippen LogP contribution is -2.23. The van der Waals surface area contributed by atoms with Crippen LogP contribution in [0.5, 0.6) is 6.01 Å². The normalized spacial score (nSPS) is 10.3. The predicted molar refractivity (Wildman–Crippen MR) is 81.8 cm³/mol. The van der Waals surface area contributed by atoms with E-state index < -0.39 is 0 Å². The Labute approximate surface area is 122 Å². The summed E-state index contributed by atoms with van der Waals surface area (Å²) in [5.41, 5.74) is 0. The van der Waals surface area contributed by atoms with Crippen LogP contribution in [0.2, 0.25) is 0 Å². The highest BCUT2D eigenvalue weighted by Crippen LogP contribution is 2.15. The van der Waals surface area contributed by atoms with Gasteiger partial charge in [0, 0.05) is 25.0 Å². The molecule has 0 aliphatic rings. The number of hydrogen-bond acceptors (Lipinski definition) is 7. The molecule has 0 spiro atoms. The molecule has 0 atom stereocenters. The SMILES string of the molecule is CCNc1nc(OC)nc(N(C)CCc2cccs2)n1. The molecule has 0 saturated heterocycles. The number of nitrogens with one attached hydrogen (secondary N) is 1.